The van der Waals surface area contributed by atoms with E-state index in [-0.39, 0.29) is 0 Å². The predicted molar refractivity (Wildman–Crippen MR) is 94.9 cm³/mol. The molecule has 0 unspecified atom stereocenters. The fraction of sp³-hybridized carbons (Fsp3) is 0.737. The molecule has 1 fully saturated rings. The second kappa shape index (κ2) is 8.65. The van der Waals surface area contributed by atoms with Gasteiger partial charge < -0.3 is 15.0 Å². The average Bonchev–Trinajstić information content (AvgIpc) is 2.99. The van der Waals surface area contributed by atoms with Crippen molar-refractivity contribution >= 4 is 5.82 Å². The molecule has 1 aromatic rings. The summed E-state index contributed by atoms with van der Waals surface area (Å²) in [6.07, 6.45) is 12.4. The Kier molecular flexibility index (Phi) is 6.29. The Bertz CT molecular complexity index is 479. The zero-order valence-corrected chi connectivity index (χ0v) is 14.5. The molecule has 0 aliphatic carbocycles. The van der Waals surface area contributed by atoms with Gasteiger partial charge in [-0.3, -0.25) is 0 Å². The number of hydrogen-bond acceptors (Lipinski definition) is 4. The van der Waals surface area contributed by atoms with Crippen LogP contribution in [0.25, 0.3) is 0 Å². The number of aryl methyl sites for hydroxylation is 1. The van der Waals surface area contributed by atoms with Crippen molar-refractivity contribution in [3.05, 3.63) is 23.9 Å². The van der Waals surface area contributed by atoms with E-state index in [9.17, 15) is 0 Å². The van der Waals surface area contributed by atoms with Crippen LogP contribution in [0.2, 0.25) is 0 Å². The second-order valence-corrected chi connectivity index (χ2v) is 7.14. The van der Waals surface area contributed by atoms with Crippen LogP contribution >= 0.6 is 0 Å². The standard InChI is InChI=1S/C19H31N3O/c1-22-13-11-18(15-22)23-14-5-3-2-4-8-17-10-9-16-7-6-12-20-19(16)21-17/h6-7,12,17-18H,2-5,8-11,13-15H2,1H3,(H,20,21)/t17-,18+/m0/s1. The lowest BCUT2D eigenvalue weighted by atomic mass is 9.96. The molecule has 4 nitrogen and oxygen atoms in total. The van der Waals surface area contributed by atoms with E-state index in [4.69, 9.17) is 4.74 Å². The van der Waals surface area contributed by atoms with Crippen LogP contribution in [0.15, 0.2) is 18.3 Å². The van der Waals surface area contributed by atoms with E-state index in [1.54, 1.807) is 0 Å². The third kappa shape index (κ3) is 5.18. The fourth-order valence-electron chi connectivity index (χ4n) is 3.71. The summed E-state index contributed by atoms with van der Waals surface area (Å²) in [6.45, 7) is 3.25. The van der Waals surface area contributed by atoms with Gasteiger partial charge in [-0.25, -0.2) is 4.98 Å². The molecule has 2 aliphatic heterocycles. The molecule has 4 heteroatoms. The van der Waals surface area contributed by atoms with Crippen molar-refractivity contribution in [3.8, 4) is 0 Å². The summed E-state index contributed by atoms with van der Waals surface area (Å²) >= 11 is 0. The third-order valence-corrected chi connectivity index (χ3v) is 5.14. The first-order valence-corrected chi connectivity index (χ1v) is 9.32. The Morgan fingerprint density at radius 1 is 1.26 bits per heavy atom. The van der Waals surface area contributed by atoms with Crippen molar-refractivity contribution in [1.82, 2.24) is 9.88 Å². The van der Waals surface area contributed by atoms with Crippen molar-refractivity contribution in [3.63, 3.8) is 0 Å². The molecule has 0 aromatic carbocycles. The molecule has 0 radical (unpaired) electrons. The van der Waals surface area contributed by atoms with E-state index in [0.29, 0.717) is 12.1 Å². The van der Waals surface area contributed by atoms with Crippen molar-refractivity contribution < 1.29 is 4.74 Å². The highest BCUT2D eigenvalue weighted by atomic mass is 16.5. The lowest BCUT2D eigenvalue weighted by molar-refractivity contribution is 0.0581. The van der Waals surface area contributed by atoms with Gasteiger partial charge in [0.2, 0.25) is 0 Å². The fourth-order valence-corrected chi connectivity index (χ4v) is 3.71. The van der Waals surface area contributed by atoms with E-state index in [1.807, 2.05) is 12.3 Å². The van der Waals surface area contributed by atoms with Crippen LogP contribution in [0.1, 0.15) is 50.5 Å². The number of unbranched alkanes of at least 4 members (excludes halogenated alkanes) is 3. The summed E-state index contributed by atoms with van der Waals surface area (Å²) < 4.78 is 5.95. The molecule has 0 saturated carbocycles. The number of likely N-dealkylation sites (N-methyl/N-ethyl adjacent to an activating group) is 1. The number of ether oxygens (including phenoxy) is 1. The largest absolute Gasteiger partial charge is 0.377 e. The van der Waals surface area contributed by atoms with Gasteiger partial charge in [0.1, 0.15) is 5.82 Å². The zero-order chi connectivity index (χ0) is 15.9. The van der Waals surface area contributed by atoms with Crippen LogP contribution in [0, 0.1) is 0 Å². The number of pyridine rings is 1. The lowest BCUT2D eigenvalue weighted by Crippen LogP contribution is -2.26. The average molecular weight is 317 g/mol. The predicted octanol–water partition coefficient (Wildman–Crippen LogP) is 3.48. The summed E-state index contributed by atoms with van der Waals surface area (Å²) in [4.78, 5) is 6.81. The topological polar surface area (TPSA) is 37.4 Å². The Balaban J connectivity index is 1.21. The summed E-state index contributed by atoms with van der Waals surface area (Å²) in [6, 6.07) is 4.84. The first-order valence-electron chi connectivity index (χ1n) is 9.32. The van der Waals surface area contributed by atoms with Gasteiger partial charge in [-0.1, -0.05) is 25.3 Å². The number of anilines is 1. The number of aromatic nitrogens is 1. The minimum Gasteiger partial charge on any atom is -0.377 e. The van der Waals surface area contributed by atoms with Crippen LogP contribution in [0.5, 0.6) is 0 Å². The second-order valence-electron chi connectivity index (χ2n) is 7.14. The molecule has 128 valence electrons. The van der Waals surface area contributed by atoms with E-state index in [1.165, 1.54) is 63.5 Å². The maximum absolute atomic E-state index is 5.95. The zero-order valence-electron chi connectivity index (χ0n) is 14.5. The van der Waals surface area contributed by atoms with Gasteiger partial charge in [-0.05, 0) is 50.8 Å². The Morgan fingerprint density at radius 2 is 2.17 bits per heavy atom. The van der Waals surface area contributed by atoms with Crippen molar-refractivity contribution in [2.24, 2.45) is 0 Å². The number of nitrogens with zero attached hydrogens (tertiary/aromatic N) is 2. The van der Waals surface area contributed by atoms with Gasteiger partial charge in [-0.15, -0.1) is 0 Å². The molecule has 0 amide bonds. The van der Waals surface area contributed by atoms with E-state index in [0.717, 1.165) is 19.0 Å². The maximum Gasteiger partial charge on any atom is 0.129 e. The van der Waals surface area contributed by atoms with Gasteiger partial charge >= 0.3 is 0 Å². The normalized spacial score (nSPS) is 24.4. The minimum atomic E-state index is 0.485. The lowest BCUT2D eigenvalue weighted by Gasteiger charge is -2.26. The van der Waals surface area contributed by atoms with E-state index >= 15 is 0 Å². The molecule has 1 N–H and O–H groups in total. The molecule has 1 aromatic heterocycles. The summed E-state index contributed by atoms with van der Waals surface area (Å²) in [5.74, 6) is 1.11. The highest BCUT2D eigenvalue weighted by molar-refractivity contribution is 5.46. The van der Waals surface area contributed by atoms with E-state index < -0.39 is 0 Å². The summed E-state index contributed by atoms with van der Waals surface area (Å²) in [7, 11) is 2.18. The van der Waals surface area contributed by atoms with Gasteiger partial charge in [0.15, 0.2) is 0 Å². The first kappa shape index (κ1) is 16.7. The molecule has 0 bridgehead atoms. The van der Waals surface area contributed by atoms with Crippen molar-refractivity contribution in [2.45, 2.75) is 63.5 Å². The molecule has 2 atom stereocenters. The van der Waals surface area contributed by atoms with Gasteiger partial charge in [0, 0.05) is 31.9 Å². The van der Waals surface area contributed by atoms with Gasteiger partial charge in [0.05, 0.1) is 6.10 Å². The molecular weight excluding hydrogens is 286 g/mol. The minimum absolute atomic E-state index is 0.485. The molecule has 3 heterocycles. The number of hydrogen-bond donors (Lipinski definition) is 1. The first-order chi connectivity index (χ1) is 11.3. The highest BCUT2D eigenvalue weighted by Gasteiger charge is 2.19. The van der Waals surface area contributed by atoms with E-state index in [2.05, 4.69) is 28.3 Å². The Hall–Kier alpha value is -1.13. The summed E-state index contributed by atoms with van der Waals surface area (Å²) in [5, 5.41) is 3.60. The van der Waals surface area contributed by atoms with Gasteiger partial charge in [-0.2, -0.15) is 0 Å². The molecule has 1 saturated heterocycles. The van der Waals surface area contributed by atoms with Crippen LogP contribution in [0.4, 0.5) is 5.82 Å². The van der Waals surface area contributed by atoms with Crippen LogP contribution in [-0.2, 0) is 11.2 Å². The maximum atomic E-state index is 5.95. The van der Waals surface area contributed by atoms with Gasteiger partial charge in [0.25, 0.3) is 0 Å². The molecular formula is C19H31N3O. The molecule has 3 rings (SSSR count). The number of rotatable bonds is 8. The van der Waals surface area contributed by atoms with Crippen molar-refractivity contribution in [2.75, 3.05) is 32.1 Å². The molecule has 0 spiro atoms. The third-order valence-electron chi connectivity index (χ3n) is 5.14. The highest BCUT2D eigenvalue weighted by Crippen LogP contribution is 2.24. The smallest absolute Gasteiger partial charge is 0.129 e. The number of fused-ring (bicyclic) bond motifs is 1. The summed E-state index contributed by atoms with van der Waals surface area (Å²) in [5.41, 5.74) is 1.37. The Morgan fingerprint density at radius 3 is 3.04 bits per heavy atom. The number of nitrogens with one attached hydrogen (secondary N) is 1. The Labute approximate surface area is 140 Å². The van der Waals surface area contributed by atoms with Crippen molar-refractivity contribution in [1.29, 1.82) is 0 Å². The molecule has 23 heavy (non-hydrogen) atoms. The SMILES string of the molecule is CN1CC[C@@H](OCCCCCC[C@H]2CCc3cccnc3N2)C1. The van der Waals surface area contributed by atoms with Crippen LogP contribution in [-0.4, -0.2) is 48.8 Å². The monoisotopic (exact) mass is 317 g/mol. The van der Waals surface area contributed by atoms with Crippen LogP contribution in [0.3, 0.4) is 0 Å². The quantitative estimate of drug-likeness (QED) is 0.745. The molecule has 2 aliphatic rings. The van der Waals surface area contributed by atoms with Crippen LogP contribution < -0.4 is 5.32 Å². The number of likely N-dealkylation sites (tertiary alicyclic amines) is 1.